The SMILES string of the molecule is CCC(O)OS(=O)(=O)OC.[CaH2]. The molecule has 1 unspecified atom stereocenters. The molecule has 0 aliphatic carbocycles. The van der Waals surface area contributed by atoms with Gasteiger partial charge >= 0.3 is 48.1 Å². The van der Waals surface area contributed by atoms with E-state index in [1.165, 1.54) is 0 Å². The molecule has 5 nitrogen and oxygen atoms in total. The minimum atomic E-state index is -3.98. The quantitative estimate of drug-likeness (QED) is 0.463. The van der Waals surface area contributed by atoms with Crippen LogP contribution in [0.25, 0.3) is 0 Å². The van der Waals surface area contributed by atoms with Gasteiger partial charge in [0.2, 0.25) is 0 Å². The molecule has 0 aromatic carbocycles. The average Bonchev–Trinajstić information content (AvgIpc) is 1.87. The number of hydrogen-bond donors (Lipinski definition) is 1. The summed E-state index contributed by atoms with van der Waals surface area (Å²) in [5.74, 6) is 0. The molecule has 7 heteroatoms. The van der Waals surface area contributed by atoms with Gasteiger partial charge < -0.3 is 5.11 Å². The molecule has 0 saturated heterocycles. The van der Waals surface area contributed by atoms with E-state index in [1.54, 1.807) is 6.92 Å². The van der Waals surface area contributed by atoms with E-state index in [0.29, 0.717) is 0 Å². The van der Waals surface area contributed by atoms with Crippen LogP contribution in [0, 0.1) is 0 Å². The van der Waals surface area contributed by atoms with Crippen LogP contribution in [0.5, 0.6) is 0 Å². The second kappa shape index (κ2) is 6.59. The van der Waals surface area contributed by atoms with Crippen molar-refractivity contribution in [2.24, 2.45) is 0 Å². The van der Waals surface area contributed by atoms with Crippen molar-refractivity contribution >= 4 is 48.1 Å². The fraction of sp³-hybridized carbons (Fsp3) is 1.00. The molecule has 0 amide bonds. The molecule has 11 heavy (non-hydrogen) atoms. The Bertz CT molecular complexity index is 177. The molecule has 0 aromatic rings. The second-order valence-corrected chi connectivity index (χ2v) is 2.88. The first-order valence-corrected chi connectivity index (χ1v) is 4.02. The van der Waals surface area contributed by atoms with Gasteiger partial charge in [-0.05, 0) is 6.42 Å². The number of aliphatic hydroxyl groups excluding tert-OH is 1. The van der Waals surface area contributed by atoms with E-state index < -0.39 is 16.7 Å². The van der Waals surface area contributed by atoms with Crippen molar-refractivity contribution in [3.63, 3.8) is 0 Å². The number of hydrogen-bond acceptors (Lipinski definition) is 5. The van der Waals surface area contributed by atoms with Gasteiger partial charge in [-0.1, -0.05) is 6.92 Å². The van der Waals surface area contributed by atoms with Crippen LogP contribution in [0.2, 0.25) is 0 Å². The number of aliphatic hydroxyl groups is 1. The zero-order valence-corrected chi connectivity index (χ0v) is 6.59. The van der Waals surface area contributed by atoms with Crippen LogP contribution in [0.1, 0.15) is 13.3 Å². The first kappa shape index (κ1) is 14.6. The maximum absolute atomic E-state index is 10.4. The summed E-state index contributed by atoms with van der Waals surface area (Å²) >= 11 is 0. The summed E-state index contributed by atoms with van der Waals surface area (Å²) in [7, 11) is -3.02. The van der Waals surface area contributed by atoms with Crippen LogP contribution >= 0.6 is 0 Å². The predicted octanol–water partition coefficient (Wildman–Crippen LogP) is -1.29. The Balaban J connectivity index is 0. The molecule has 0 radical (unpaired) electrons. The first-order chi connectivity index (χ1) is 4.52. The average molecular weight is 212 g/mol. The van der Waals surface area contributed by atoms with Gasteiger partial charge in [0.25, 0.3) is 0 Å². The van der Waals surface area contributed by atoms with Crippen molar-refractivity contribution in [3.05, 3.63) is 0 Å². The van der Waals surface area contributed by atoms with E-state index in [9.17, 15) is 8.42 Å². The molecular weight excluding hydrogens is 200 g/mol. The Kier molecular flexibility index (Phi) is 8.75. The van der Waals surface area contributed by atoms with E-state index >= 15 is 0 Å². The topological polar surface area (TPSA) is 72.8 Å². The maximum atomic E-state index is 10.4. The Morgan fingerprint density at radius 2 is 2.00 bits per heavy atom. The molecule has 0 aliphatic heterocycles. The van der Waals surface area contributed by atoms with Crippen LogP contribution in [0.15, 0.2) is 0 Å². The number of rotatable bonds is 4. The van der Waals surface area contributed by atoms with Gasteiger partial charge in [0, 0.05) is 0 Å². The third-order valence-electron chi connectivity index (χ3n) is 0.782. The predicted molar refractivity (Wildman–Crippen MR) is 41.9 cm³/mol. The summed E-state index contributed by atoms with van der Waals surface area (Å²) in [4.78, 5) is 0. The van der Waals surface area contributed by atoms with Crippen molar-refractivity contribution in [1.29, 1.82) is 0 Å². The van der Waals surface area contributed by atoms with Crippen molar-refractivity contribution < 1.29 is 21.9 Å². The molecule has 66 valence electrons. The van der Waals surface area contributed by atoms with Crippen LogP contribution < -0.4 is 0 Å². The van der Waals surface area contributed by atoms with Gasteiger partial charge in [-0.25, -0.2) is 4.18 Å². The van der Waals surface area contributed by atoms with Crippen molar-refractivity contribution in [2.45, 2.75) is 19.6 Å². The standard InChI is InChI=1S/C4H10O5S.Ca.2H/c1-3-4(5)9-10(6,7)8-2;;;/h4-5H,3H2,1-2H3;;;. The normalized spacial score (nSPS) is 13.7. The Labute approximate surface area is 96.0 Å². The molecule has 0 spiro atoms. The molecular formula is C4H12CaO5S. The Morgan fingerprint density at radius 3 is 2.27 bits per heavy atom. The third kappa shape index (κ3) is 7.45. The fourth-order valence-corrected chi connectivity index (χ4v) is 0.730. The molecule has 0 bridgehead atoms. The van der Waals surface area contributed by atoms with Gasteiger partial charge in [-0.3, -0.25) is 4.18 Å². The van der Waals surface area contributed by atoms with Gasteiger partial charge in [0.15, 0.2) is 6.29 Å². The third-order valence-corrected chi connectivity index (χ3v) is 1.65. The van der Waals surface area contributed by atoms with E-state index in [1.807, 2.05) is 0 Å². The van der Waals surface area contributed by atoms with E-state index in [4.69, 9.17) is 5.11 Å². The van der Waals surface area contributed by atoms with E-state index in [0.717, 1.165) is 7.11 Å². The summed E-state index contributed by atoms with van der Waals surface area (Å²) in [5, 5.41) is 8.64. The molecule has 0 aliphatic rings. The van der Waals surface area contributed by atoms with Gasteiger partial charge in [-0.2, -0.15) is 8.42 Å². The minimum absolute atomic E-state index is 0. The molecule has 0 saturated carbocycles. The van der Waals surface area contributed by atoms with Crippen molar-refractivity contribution in [3.8, 4) is 0 Å². The molecule has 0 fully saturated rings. The Morgan fingerprint density at radius 1 is 1.55 bits per heavy atom. The van der Waals surface area contributed by atoms with Gasteiger partial charge in [0.1, 0.15) is 0 Å². The zero-order chi connectivity index (χ0) is 8.20. The molecule has 0 rings (SSSR count). The van der Waals surface area contributed by atoms with Crippen LogP contribution in [0.4, 0.5) is 0 Å². The van der Waals surface area contributed by atoms with E-state index in [-0.39, 0.29) is 44.2 Å². The first-order valence-electron chi connectivity index (χ1n) is 2.68. The van der Waals surface area contributed by atoms with E-state index in [2.05, 4.69) is 8.37 Å². The molecule has 1 atom stereocenters. The van der Waals surface area contributed by atoms with Crippen molar-refractivity contribution in [2.75, 3.05) is 7.11 Å². The zero-order valence-electron chi connectivity index (χ0n) is 5.77. The van der Waals surface area contributed by atoms with Gasteiger partial charge in [-0.15, -0.1) is 0 Å². The summed E-state index contributed by atoms with van der Waals surface area (Å²) < 4.78 is 28.7. The molecule has 1 N–H and O–H groups in total. The summed E-state index contributed by atoms with van der Waals surface area (Å²) in [6.45, 7) is 1.58. The van der Waals surface area contributed by atoms with Crippen LogP contribution in [0.3, 0.4) is 0 Å². The van der Waals surface area contributed by atoms with Crippen molar-refractivity contribution in [1.82, 2.24) is 0 Å². The summed E-state index contributed by atoms with van der Waals surface area (Å²) in [6.07, 6.45) is -1.12. The Hall–Kier alpha value is 1.09. The second-order valence-electron chi connectivity index (χ2n) is 1.53. The van der Waals surface area contributed by atoms with Gasteiger partial charge in [0.05, 0.1) is 7.11 Å². The summed E-state index contributed by atoms with van der Waals surface area (Å²) in [5.41, 5.74) is 0. The van der Waals surface area contributed by atoms with Crippen LogP contribution in [-0.4, -0.2) is 64.7 Å². The molecule has 0 aromatic heterocycles. The summed E-state index contributed by atoms with van der Waals surface area (Å²) in [6, 6.07) is 0. The monoisotopic (exact) mass is 212 g/mol. The van der Waals surface area contributed by atoms with Crippen LogP contribution in [-0.2, 0) is 18.8 Å². The molecule has 0 heterocycles. The fourth-order valence-electron chi connectivity index (χ4n) is 0.243.